The Hall–Kier alpha value is -2.52. The number of piperazine rings is 1. The van der Waals surface area contributed by atoms with Crippen molar-refractivity contribution in [3.63, 3.8) is 0 Å². The fourth-order valence-electron chi connectivity index (χ4n) is 4.68. The average molecular weight is 485 g/mol. The second-order valence-electron chi connectivity index (χ2n) is 8.94. The maximum atomic E-state index is 13.2. The van der Waals surface area contributed by atoms with Crippen LogP contribution in [-0.2, 0) is 9.84 Å². The van der Waals surface area contributed by atoms with Gasteiger partial charge in [0.2, 0.25) is 0 Å². The number of hydrogen-bond acceptors (Lipinski definition) is 7. The Morgan fingerprint density at radius 3 is 2.58 bits per heavy atom. The molecule has 0 saturated carbocycles. The summed E-state index contributed by atoms with van der Waals surface area (Å²) in [5.41, 5.74) is 5.27. The van der Waals surface area contributed by atoms with Crippen molar-refractivity contribution < 1.29 is 13.2 Å². The second kappa shape index (κ2) is 8.68. The van der Waals surface area contributed by atoms with E-state index in [0.29, 0.717) is 18.7 Å². The van der Waals surface area contributed by atoms with Crippen LogP contribution in [0.4, 0.5) is 11.4 Å². The van der Waals surface area contributed by atoms with Crippen LogP contribution in [0.3, 0.4) is 0 Å². The van der Waals surface area contributed by atoms with Crippen molar-refractivity contribution in [2.24, 2.45) is 4.99 Å². The van der Waals surface area contributed by atoms with E-state index in [2.05, 4.69) is 47.3 Å². The summed E-state index contributed by atoms with van der Waals surface area (Å²) in [6.07, 6.45) is 0. The number of aliphatic imine (C=N–C) groups is 1. The van der Waals surface area contributed by atoms with Gasteiger partial charge in [0, 0.05) is 48.4 Å². The Kier molecular flexibility index (Phi) is 5.86. The molecule has 33 heavy (non-hydrogen) atoms. The Bertz CT molecular complexity index is 1220. The highest BCUT2D eigenvalue weighted by atomic mass is 32.2. The van der Waals surface area contributed by atoms with Crippen LogP contribution in [0.5, 0.6) is 0 Å². The van der Waals surface area contributed by atoms with Gasteiger partial charge in [-0.3, -0.25) is 9.79 Å². The van der Waals surface area contributed by atoms with Gasteiger partial charge in [-0.05, 0) is 49.2 Å². The fourth-order valence-corrected chi connectivity index (χ4v) is 8.36. The zero-order chi connectivity index (χ0) is 23.2. The first-order valence-electron chi connectivity index (χ1n) is 11.2. The molecule has 0 aromatic heterocycles. The van der Waals surface area contributed by atoms with Crippen LogP contribution in [-0.4, -0.2) is 73.4 Å². The summed E-state index contributed by atoms with van der Waals surface area (Å²) < 4.78 is 23.5. The zero-order valence-corrected chi connectivity index (χ0v) is 20.5. The van der Waals surface area contributed by atoms with Gasteiger partial charge in [-0.1, -0.05) is 30.0 Å². The second-order valence-corrected chi connectivity index (χ2v) is 12.3. The van der Waals surface area contributed by atoms with Crippen molar-refractivity contribution in [3.05, 3.63) is 59.2 Å². The van der Waals surface area contributed by atoms with Crippen LogP contribution in [0.1, 0.15) is 21.5 Å². The van der Waals surface area contributed by atoms with Gasteiger partial charge in [0.05, 0.1) is 17.5 Å². The van der Waals surface area contributed by atoms with Gasteiger partial charge < -0.3 is 15.1 Å². The van der Waals surface area contributed by atoms with Crippen molar-refractivity contribution >= 4 is 44.0 Å². The number of nitrogens with zero attached hydrogens (tertiary/aromatic N) is 3. The molecule has 7 nitrogen and oxygen atoms in total. The molecule has 0 bridgehead atoms. The normalized spacial score (nSPS) is 23.9. The van der Waals surface area contributed by atoms with Crippen LogP contribution < -0.4 is 10.2 Å². The third kappa shape index (κ3) is 4.61. The van der Waals surface area contributed by atoms with Gasteiger partial charge in [-0.25, -0.2) is 8.42 Å². The van der Waals surface area contributed by atoms with Gasteiger partial charge in [-0.15, -0.1) is 0 Å². The number of anilines is 2. The number of benzene rings is 2. The first-order valence-corrected chi connectivity index (χ1v) is 13.9. The molecule has 2 atom stereocenters. The molecule has 0 spiro atoms. The fraction of sp³-hybridized carbons (Fsp3) is 0.417. The highest BCUT2D eigenvalue weighted by molar-refractivity contribution is 8.15. The summed E-state index contributed by atoms with van der Waals surface area (Å²) in [6, 6.07) is 13.7. The molecule has 2 fully saturated rings. The lowest BCUT2D eigenvalue weighted by atomic mass is 10.1. The number of aryl methyl sites for hydroxylation is 1. The summed E-state index contributed by atoms with van der Waals surface area (Å²) in [5, 5.41) is 4.00. The number of amides is 1. The Labute approximate surface area is 199 Å². The summed E-state index contributed by atoms with van der Waals surface area (Å²) in [4.78, 5) is 22.0. The maximum Gasteiger partial charge on any atom is 0.254 e. The Morgan fingerprint density at radius 1 is 1.06 bits per heavy atom. The lowest BCUT2D eigenvalue weighted by Crippen LogP contribution is -2.49. The standard InChI is InChI=1S/C24H28N4O3S2/c1-16-5-3-8-21(17(16)2)27-9-11-28(12-10-27)23(29)18-6-4-7-19(13-18)25-24-26-20-14-33(30,31)15-22(20)32-24/h3-8,13,20,22H,9-12,14-15H2,1-2H3,(H,25,26)/t20-,22+/m1/s1. The third-order valence-electron chi connectivity index (χ3n) is 6.66. The van der Waals surface area contributed by atoms with E-state index in [-0.39, 0.29) is 28.7 Å². The molecule has 2 aromatic carbocycles. The van der Waals surface area contributed by atoms with Gasteiger partial charge in [-0.2, -0.15) is 0 Å². The van der Waals surface area contributed by atoms with Crippen molar-refractivity contribution in [2.75, 3.05) is 47.9 Å². The summed E-state index contributed by atoms with van der Waals surface area (Å²) in [7, 11) is -2.97. The van der Waals surface area contributed by atoms with Crippen LogP contribution in [0, 0.1) is 13.8 Å². The molecule has 1 amide bonds. The average Bonchev–Trinajstić information content (AvgIpc) is 3.28. The molecular formula is C24H28N4O3S2. The summed E-state index contributed by atoms with van der Waals surface area (Å²) >= 11 is 1.48. The van der Waals surface area contributed by atoms with Gasteiger partial charge in [0.25, 0.3) is 5.91 Å². The SMILES string of the molecule is Cc1cccc(N2CCN(C(=O)c3cccc(NC4=N[C@@H]5CS(=O)(=O)C[C@@H]5S4)c3)CC2)c1C. The van der Waals surface area contributed by atoms with Crippen LogP contribution >= 0.6 is 11.8 Å². The van der Waals surface area contributed by atoms with E-state index in [1.165, 1.54) is 28.6 Å². The molecule has 5 rings (SSSR count). The topological polar surface area (TPSA) is 82.1 Å². The number of nitrogens with one attached hydrogen (secondary N) is 1. The predicted molar refractivity (Wildman–Crippen MR) is 135 cm³/mol. The number of thioether (sulfide) groups is 1. The van der Waals surface area contributed by atoms with E-state index in [4.69, 9.17) is 0 Å². The number of carbonyl (C=O) groups excluding carboxylic acids is 1. The first kappa shape index (κ1) is 22.3. The Balaban J connectivity index is 1.22. The van der Waals surface area contributed by atoms with E-state index >= 15 is 0 Å². The smallest absolute Gasteiger partial charge is 0.254 e. The van der Waals surface area contributed by atoms with Crippen molar-refractivity contribution in [1.29, 1.82) is 0 Å². The van der Waals surface area contributed by atoms with Crippen LogP contribution in [0.25, 0.3) is 0 Å². The highest BCUT2D eigenvalue weighted by Gasteiger charge is 2.42. The van der Waals surface area contributed by atoms with Crippen molar-refractivity contribution in [3.8, 4) is 0 Å². The molecular weight excluding hydrogens is 456 g/mol. The van der Waals surface area contributed by atoms with E-state index in [1.54, 1.807) is 0 Å². The van der Waals surface area contributed by atoms with E-state index in [9.17, 15) is 13.2 Å². The van der Waals surface area contributed by atoms with Gasteiger partial charge in [0.1, 0.15) is 0 Å². The molecule has 0 radical (unpaired) electrons. The third-order valence-corrected chi connectivity index (χ3v) is 9.80. The number of fused-ring (bicyclic) bond motifs is 1. The lowest BCUT2D eigenvalue weighted by Gasteiger charge is -2.37. The van der Waals surface area contributed by atoms with Crippen molar-refractivity contribution in [1.82, 2.24) is 4.90 Å². The van der Waals surface area contributed by atoms with E-state index in [1.807, 2.05) is 29.2 Å². The number of rotatable bonds is 3. The summed E-state index contributed by atoms with van der Waals surface area (Å²) in [5.74, 6) is 0.342. The van der Waals surface area contributed by atoms with E-state index < -0.39 is 9.84 Å². The highest BCUT2D eigenvalue weighted by Crippen LogP contribution is 2.34. The number of amidine groups is 1. The largest absolute Gasteiger partial charge is 0.368 e. The Morgan fingerprint density at radius 2 is 1.82 bits per heavy atom. The molecule has 0 aliphatic carbocycles. The minimum Gasteiger partial charge on any atom is -0.368 e. The minimum atomic E-state index is -2.97. The first-order chi connectivity index (χ1) is 15.8. The molecule has 3 aliphatic rings. The molecule has 9 heteroatoms. The van der Waals surface area contributed by atoms with Crippen LogP contribution in [0.15, 0.2) is 47.5 Å². The van der Waals surface area contributed by atoms with E-state index in [0.717, 1.165) is 23.9 Å². The number of sulfone groups is 1. The molecule has 0 unspecified atom stereocenters. The molecule has 2 saturated heterocycles. The van der Waals surface area contributed by atoms with Crippen molar-refractivity contribution in [2.45, 2.75) is 25.1 Å². The monoisotopic (exact) mass is 484 g/mol. The molecule has 174 valence electrons. The molecule has 3 aliphatic heterocycles. The van der Waals surface area contributed by atoms with Gasteiger partial charge in [0.15, 0.2) is 15.0 Å². The zero-order valence-electron chi connectivity index (χ0n) is 18.8. The number of hydrogen-bond donors (Lipinski definition) is 1. The van der Waals surface area contributed by atoms with Crippen LogP contribution in [0.2, 0.25) is 0 Å². The molecule has 2 aromatic rings. The predicted octanol–water partition coefficient (Wildman–Crippen LogP) is 2.95. The minimum absolute atomic E-state index is 0.00403. The molecule has 3 heterocycles. The molecule has 1 N–H and O–H groups in total. The summed E-state index contributed by atoms with van der Waals surface area (Å²) in [6.45, 7) is 7.28. The number of carbonyl (C=O) groups is 1. The maximum absolute atomic E-state index is 13.2. The lowest BCUT2D eigenvalue weighted by molar-refractivity contribution is 0.0747. The van der Waals surface area contributed by atoms with Gasteiger partial charge >= 0.3 is 0 Å². The quantitative estimate of drug-likeness (QED) is 0.722.